The Morgan fingerprint density at radius 3 is 2.73 bits per heavy atom. The molecule has 0 saturated heterocycles. The van der Waals surface area contributed by atoms with Crippen molar-refractivity contribution in [3.05, 3.63) is 22.2 Å². The number of fused-ring (bicyclic) bond motifs is 1. The summed E-state index contributed by atoms with van der Waals surface area (Å²) in [6.45, 7) is 7.35. The van der Waals surface area contributed by atoms with Crippen molar-refractivity contribution >= 4 is 15.9 Å². The van der Waals surface area contributed by atoms with Gasteiger partial charge in [0.25, 0.3) is 0 Å². The Morgan fingerprint density at radius 2 is 2.00 bits per heavy atom. The Labute approximate surface area is 140 Å². The summed E-state index contributed by atoms with van der Waals surface area (Å²) in [5, 5.41) is 3.43. The minimum Gasteiger partial charge on any atom is -0.454 e. The highest BCUT2D eigenvalue weighted by Crippen LogP contribution is 2.39. The molecule has 22 heavy (non-hydrogen) atoms. The van der Waals surface area contributed by atoms with E-state index in [9.17, 15) is 0 Å². The van der Waals surface area contributed by atoms with Crippen LogP contribution in [0.15, 0.2) is 16.6 Å². The van der Waals surface area contributed by atoms with Gasteiger partial charge in [0.2, 0.25) is 6.79 Å². The maximum absolute atomic E-state index is 5.53. The maximum Gasteiger partial charge on any atom is 0.231 e. The normalized spacial score (nSPS) is 13.1. The molecule has 0 unspecified atom stereocenters. The van der Waals surface area contributed by atoms with Gasteiger partial charge in [-0.15, -0.1) is 0 Å². The molecule has 0 atom stereocenters. The molecule has 1 aromatic rings. The second-order valence-electron chi connectivity index (χ2n) is 4.97. The van der Waals surface area contributed by atoms with Crippen molar-refractivity contribution < 1.29 is 18.9 Å². The van der Waals surface area contributed by atoms with Crippen molar-refractivity contribution in [1.82, 2.24) is 5.32 Å². The summed E-state index contributed by atoms with van der Waals surface area (Å²) in [7, 11) is 0. The van der Waals surface area contributed by atoms with E-state index in [-0.39, 0.29) is 6.29 Å². The Hall–Kier alpha value is -0.820. The SMILES string of the molecule is CCOC(CCCNCc1cc(Br)c2c(c1)OCO2)OCC. The van der Waals surface area contributed by atoms with Crippen LogP contribution in [-0.4, -0.2) is 32.8 Å². The average Bonchev–Trinajstić information content (AvgIpc) is 2.96. The van der Waals surface area contributed by atoms with Gasteiger partial charge in [0.15, 0.2) is 17.8 Å². The van der Waals surface area contributed by atoms with E-state index >= 15 is 0 Å². The number of rotatable bonds is 10. The molecule has 1 aliphatic rings. The second-order valence-corrected chi connectivity index (χ2v) is 5.83. The largest absolute Gasteiger partial charge is 0.454 e. The van der Waals surface area contributed by atoms with Gasteiger partial charge in [-0.1, -0.05) is 0 Å². The van der Waals surface area contributed by atoms with Crippen molar-refractivity contribution in [2.24, 2.45) is 0 Å². The van der Waals surface area contributed by atoms with E-state index in [2.05, 4.69) is 27.3 Å². The van der Waals surface area contributed by atoms with Crippen molar-refractivity contribution in [1.29, 1.82) is 0 Å². The molecule has 0 fully saturated rings. The van der Waals surface area contributed by atoms with E-state index in [4.69, 9.17) is 18.9 Å². The molecule has 124 valence electrons. The first-order valence-corrected chi connectivity index (χ1v) is 8.55. The fourth-order valence-corrected chi connectivity index (χ4v) is 2.94. The standard InChI is InChI=1S/C16H24BrNO4/c1-3-19-15(20-4-2)6-5-7-18-10-12-8-13(17)16-14(9-12)21-11-22-16/h8-9,15,18H,3-7,10-11H2,1-2H3. The lowest BCUT2D eigenvalue weighted by Crippen LogP contribution is -2.21. The average molecular weight is 374 g/mol. The molecule has 0 aliphatic carbocycles. The highest BCUT2D eigenvalue weighted by atomic mass is 79.9. The van der Waals surface area contributed by atoms with Gasteiger partial charge in [-0.2, -0.15) is 0 Å². The predicted molar refractivity (Wildman–Crippen MR) is 88.2 cm³/mol. The van der Waals surface area contributed by atoms with E-state index in [1.807, 2.05) is 19.9 Å². The molecular weight excluding hydrogens is 350 g/mol. The molecule has 0 saturated carbocycles. The number of hydrogen-bond acceptors (Lipinski definition) is 5. The van der Waals surface area contributed by atoms with Gasteiger partial charge in [0.05, 0.1) is 4.47 Å². The Balaban J connectivity index is 1.69. The van der Waals surface area contributed by atoms with Crippen LogP contribution in [0.25, 0.3) is 0 Å². The Bertz CT molecular complexity index is 464. The molecule has 0 radical (unpaired) electrons. The highest BCUT2D eigenvalue weighted by Gasteiger charge is 2.17. The zero-order chi connectivity index (χ0) is 15.8. The quantitative estimate of drug-likeness (QED) is 0.502. The van der Waals surface area contributed by atoms with Crippen LogP contribution < -0.4 is 14.8 Å². The summed E-state index contributed by atoms with van der Waals surface area (Å²) in [5.41, 5.74) is 1.17. The lowest BCUT2D eigenvalue weighted by molar-refractivity contribution is -0.139. The molecule has 0 spiro atoms. The minimum absolute atomic E-state index is 0.0866. The van der Waals surface area contributed by atoms with Gasteiger partial charge < -0.3 is 24.3 Å². The first kappa shape index (κ1) is 17.5. The van der Waals surface area contributed by atoms with Crippen LogP contribution in [0.5, 0.6) is 11.5 Å². The van der Waals surface area contributed by atoms with Crippen LogP contribution in [0.4, 0.5) is 0 Å². The monoisotopic (exact) mass is 373 g/mol. The molecule has 2 rings (SSSR count). The van der Waals surface area contributed by atoms with Crippen LogP contribution >= 0.6 is 15.9 Å². The summed E-state index contributed by atoms with van der Waals surface area (Å²) in [6, 6.07) is 4.08. The number of nitrogens with one attached hydrogen (secondary N) is 1. The fourth-order valence-electron chi connectivity index (χ4n) is 2.34. The molecule has 1 N–H and O–H groups in total. The van der Waals surface area contributed by atoms with Crippen LogP contribution in [0.3, 0.4) is 0 Å². The van der Waals surface area contributed by atoms with E-state index in [1.165, 1.54) is 5.56 Å². The van der Waals surface area contributed by atoms with Gasteiger partial charge in [-0.05, 0) is 66.9 Å². The van der Waals surface area contributed by atoms with Gasteiger partial charge in [-0.3, -0.25) is 0 Å². The summed E-state index contributed by atoms with van der Waals surface area (Å²) >= 11 is 3.51. The molecule has 5 nitrogen and oxygen atoms in total. The van der Waals surface area contributed by atoms with Crippen LogP contribution in [0.1, 0.15) is 32.3 Å². The van der Waals surface area contributed by atoms with E-state index in [0.717, 1.165) is 41.9 Å². The Kier molecular flexibility index (Phi) is 7.45. The second kappa shape index (κ2) is 9.35. The molecular formula is C16H24BrNO4. The fraction of sp³-hybridized carbons (Fsp3) is 0.625. The lowest BCUT2D eigenvalue weighted by atomic mass is 10.2. The molecule has 0 amide bonds. The topological polar surface area (TPSA) is 49.0 Å². The number of halogens is 1. The third kappa shape index (κ3) is 5.12. The first-order valence-electron chi connectivity index (χ1n) is 7.76. The summed E-state index contributed by atoms with van der Waals surface area (Å²) in [5.74, 6) is 1.60. The molecule has 0 bridgehead atoms. The zero-order valence-electron chi connectivity index (χ0n) is 13.2. The lowest BCUT2D eigenvalue weighted by Gasteiger charge is -2.16. The first-order chi connectivity index (χ1) is 10.7. The van der Waals surface area contributed by atoms with Crippen LogP contribution in [-0.2, 0) is 16.0 Å². The third-order valence-corrected chi connectivity index (χ3v) is 3.90. The zero-order valence-corrected chi connectivity index (χ0v) is 14.8. The summed E-state index contributed by atoms with van der Waals surface area (Å²) in [6.07, 6.45) is 1.83. The molecule has 6 heteroatoms. The van der Waals surface area contributed by atoms with Gasteiger partial charge in [0, 0.05) is 19.8 Å². The summed E-state index contributed by atoms with van der Waals surface area (Å²) in [4.78, 5) is 0. The van der Waals surface area contributed by atoms with Crippen LogP contribution in [0, 0.1) is 0 Å². The highest BCUT2D eigenvalue weighted by molar-refractivity contribution is 9.10. The van der Waals surface area contributed by atoms with Crippen molar-refractivity contribution in [2.75, 3.05) is 26.6 Å². The maximum atomic E-state index is 5.53. The van der Waals surface area contributed by atoms with Gasteiger partial charge in [-0.25, -0.2) is 0 Å². The number of benzene rings is 1. The molecule has 0 aromatic heterocycles. The minimum atomic E-state index is -0.0866. The molecule has 1 aliphatic heterocycles. The van der Waals surface area contributed by atoms with Crippen molar-refractivity contribution in [2.45, 2.75) is 39.5 Å². The van der Waals surface area contributed by atoms with E-state index < -0.39 is 0 Å². The molecule has 1 aromatic carbocycles. The number of ether oxygens (including phenoxy) is 4. The van der Waals surface area contributed by atoms with Crippen LogP contribution in [0.2, 0.25) is 0 Å². The van der Waals surface area contributed by atoms with Crippen molar-refractivity contribution in [3.63, 3.8) is 0 Å². The smallest absolute Gasteiger partial charge is 0.231 e. The summed E-state index contributed by atoms with van der Waals surface area (Å²) < 4.78 is 22.8. The van der Waals surface area contributed by atoms with Crippen molar-refractivity contribution in [3.8, 4) is 11.5 Å². The molecule has 1 heterocycles. The Morgan fingerprint density at radius 1 is 1.23 bits per heavy atom. The number of hydrogen-bond donors (Lipinski definition) is 1. The predicted octanol–water partition coefficient (Wildman–Crippen LogP) is 3.45. The third-order valence-electron chi connectivity index (χ3n) is 3.31. The van der Waals surface area contributed by atoms with Gasteiger partial charge in [0.1, 0.15) is 0 Å². The van der Waals surface area contributed by atoms with E-state index in [1.54, 1.807) is 0 Å². The van der Waals surface area contributed by atoms with Gasteiger partial charge >= 0.3 is 0 Å². The van der Waals surface area contributed by atoms with E-state index in [0.29, 0.717) is 20.0 Å².